The van der Waals surface area contributed by atoms with E-state index in [0.717, 1.165) is 0 Å². The maximum absolute atomic E-state index is 10.2. The summed E-state index contributed by atoms with van der Waals surface area (Å²) in [7, 11) is -4.02. The van der Waals surface area contributed by atoms with E-state index in [0.29, 0.717) is 0 Å². The molecule has 15 heavy (non-hydrogen) atoms. The van der Waals surface area contributed by atoms with Crippen LogP contribution in [0.2, 0.25) is 0 Å². The normalized spacial score (nSPS) is 10.7. The van der Waals surface area contributed by atoms with Gasteiger partial charge in [-0.2, -0.15) is 8.42 Å². The minimum absolute atomic E-state index is 0. The van der Waals surface area contributed by atoms with Crippen LogP contribution in [0.5, 0.6) is 0 Å². The van der Waals surface area contributed by atoms with Gasteiger partial charge in [-0.15, -0.1) is 13.2 Å². The summed E-state index contributed by atoms with van der Waals surface area (Å²) in [6.45, 7) is 9.00. The number of nitrogens with two attached hydrogens (primary N) is 1. The monoisotopic (exact) mass is 244 g/mol. The smallest absolute Gasteiger partial charge is 0.290 e. The van der Waals surface area contributed by atoms with E-state index in [-0.39, 0.29) is 18.5 Å². The predicted molar refractivity (Wildman–Crippen MR) is 59.3 cm³/mol. The zero-order chi connectivity index (χ0) is 12.4. The van der Waals surface area contributed by atoms with Gasteiger partial charge in [-0.1, -0.05) is 13.8 Å². The summed E-state index contributed by atoms with van der Waals surface area (Å²) < 4.78 is 28.7. The van der Waals surface area contributed by atoms with Crippen LogP contribution < -0.4 is 11.9 Å². The number of carboxylic acid groups (broad SMARTS) is 1. The third kappa shape index (κ3) is 19.4. The van der Waals surface area contributed by atoms with Gasteiger partial charge in [0.2, 0.25) is 0 Å². The summed E-state index contributed by atoms with van der Waals surface area (Å²) in [5.41, 5.74) is 5.06. The summed E-state index contributed by atoms with van der Waals surface area (Å²) in [5.74, 6) is -0.250. The Bertz CT molecular complexity index is 228. The first-order chi connectivity index (χ1) is 6.27. The molecule has 1 atom stereocenters. The number of carbonyl (C=O) groups is 1. The molecule has 0 aliphatic carbocycles. The highest BCUT2D eigenvalue weighted by Crippen LogP contribution is 2.03. The Balaban J connectivity index is -0.0000000867. The van der Waals surface area contributed by atoms with Crippen LogP contribution in [0.1, 0.15) is 13.8 Å². The summed E-state index contributed by atoms with van der Waals surface area (Å²) in [4.78, 5) is 8.36. The molecule has 1 unspecified atom stereocenters. The molecule has 0 heterocycles. The lowest BCUT2D eigenvalue weighted by Gasteiger charge is -2.10. The molecular weight excluding hydrogens is 224 g/mol. The van der Waals surface area contributed by atoms with Crippen LogP contribution in [0.15, 0.2) is 13.2 Å². The fourth-order valence-corrected chi connectivity index (χ4v) is 1.03. The summed E-state index contributed by atoms with van der Waals surface area (Å²) in [5, 5.41) is 5.73. The highest BCUT2D eigenvalue weighted by Gasteiger charge is 2.20. The van der Waals surface area contributed by atoms with Crippen molar-refractivity contribution >= 4 is 16.6 Å². The van der Waals surface area contributed by atoms with Crippen molar-refractivity contribution in [3.63, 3.8) is 0 Å². The first-order valence-corrected chi connectivity index (χ1v) is 5.07. The van der Waals surface area contributed by atoms with Crippen LogP contribution in [0.25, 0.3) is 0 Å². The van der Waals surface area contributed by atoms with E-state index in [9.17, 15) is 8.42 Å². The molecule has 0 spiro atoms. The molecule has 7 nitrogen and oxygen atoms in total. The van der Waals surface area contributed by atoms with E-state index >= 15 is 0 Å². The standard InChI is InChI=1S/C4H11NO3S.C2H4.CH2O2.H3N/c1-3(2)4(5)9(6,7)8;1-2;2-1-3;/h3-4H,5H2,1-2H3,(H,6,7,8);1-2H2;1H,(H,2,3);1H3. The van der Waals surface area contributed by atoms with Gasteiger partial charge in [0.15, 0.2) is 0 Å². The van der Waals surface area contributed by atoms with Crippen LogP contribution in [0, 0.1) is 5.92 Å². The molecular formula is C7H20N2O5S. The van der Waals surface area contributed by atoms with Gasteiger partial charge in [0.05, 0.1) is 0 Å². The molecule has 7 N–H and O–H groups in total. The maximum atomic E-state index is 10.2. The minimum atomic E-state index is -4.02. The topological polar surface area (TPSA) is 153 Å². The lowest BCUT2D eigenvalue weighted by molar-refractivity contribution is -0.122. The zero-order valence-electron chi connectivity index (χ0n) is 8.96. The molecule has 0 radical (unpaired) electrons. The highest BCUT2D eigenvalue weighted by atomic mass is 32.2. The molecule has 94 valence electrons. The largest absolute Gasteiger partial charge is 0.483 e. The number of hydrogen-bond acceptors (Lipinski definition) is 5. The SMILES string of the molecule is C=C.CC(C)C(N)S(=O)(=O)O.N.O=CO. The fraction of sp³-hybridized carbons (Fsp3) is 0.571. The Morgan fingerprint density at radius 2 is 1.53 bits per heavy atom. The second kappa shape index (κ2) is 13.0. The van der Waals surface area contributed by atoms with E-state index in [2.05, 4.69) is 13.2 Å². The average molecular weight is 244 g/mol. The lowest BCUT2D eigenvalue weighted by Crippen LogP contribution is -2.34. The van der Waals surface area contributed by atoms with E-state index in [4.69, 9.17) is 20.2 Å². The van der Waals surface area contributed by atoms with Crippen LogP contribution >= 0.6 is 0 Å². The fourth-order valence-electron chi connectivity index (χ4n) is 0.344. The molecule has 0 aromatic heterocycles. The molecule has 0 fully saturated rings. The van der Waals surface area contributed by atoms with Crippen LogP contribution in [0.3, 0.4) is 0 Å². The van der Waals surface area contributed by atoms with E-state index in [1.165, 1.54) is 0 Å². The predicted octanol–water partition coefficient (Wildman–Crippen LogP) is 0.480. The third-order valence-corrected chi connectivity index (χ3v) is 2.23. The third-order valence-electron chi connectivity index (χ3n) is 1.00. The quantitative estimate of drug-likeness (QED) is 0.313. The van der Waals surface area contributed by atoms with Crippen LogP contribution in [0.4, 0.5) is 0 Å². The Morgan fingerprint density at radius 3 is 1.53 bits per heavy atom. The Kier molecular flexibility index (Phi) is 20.6. The number of rotatable bonds is 2. The molecule has 8 heteroatoms. The molecule has 0 aromatic rings. The van der Waals surface area contributed by atoms with E-state index in [1.807, 2.05) is 0 Å². The molecule has 0 amide bonds. The van der Waals surface area contributed by atoms with Gasteiger partial charge in [-0.25, -0.2) is 0 Å². The van der Waals surface area contributed by atoms with Crippen molar-refractivity contribution in [2.45, 2.75) is 19.2 Å². The van der Waals surface area contributed by atoms with Crippen molar-refractivity contribution in [3.05, 3.63) is 13.2 Å². The van der Waals surface area contributed by atoms with Crippen molar-refractivity contribution in [2.75, 3.05) is 0 Å². The van der Waals surface area contributed by atoms with Crippen molar-refractivity contribution < 1.29 is 22.9 Å². The Hall–Kier alpha value is -0.960. The number of hydrogen-bond donors (Lipinski definition) is 4. The molecule has 0 rings (SSSR count). The second-order valence-electron chi connectivity index (χ2n) is 2.33. The Morgan fingerprint density at radius 1 is 1.33 bits per heavy atom. The van der Waals surface area contributed by atoms with Gasteiger partial charge < -0.3 is 17.0 Å². The first kappa shape index (κ1) is 23.7. The summed E-state index contributed by atoms with van der Waals surface area (Å²) in [6, 6.07) is 0. The molecule has 0 aromatic carbocycles. The summed E-state index contributed by atoms with van der Waals surface area (Å²) >= 11 is 0. The van der Waals surface area contributed by atoms with Gasteiger partial charge in [0, 0.05) is 0 Å². The average Bonchev–Trinajstić information content (AvgIpc) is 2.06. The van der Waals surface area contributed by atoms with Gasteiger partial charge in [0.1, 0.15) is 5.37 Å². The minimum Gasteiger partial charge on any atom is -0.483 e. The van der Waals surface area contributed by atoms with Crippen molar-refractivity contribution in [1.82, 2.24) is 6.15 Å². The first-order valence-electron chi connectivity index (χ1n) is 3.57. The molecule has 0 bridgehead atoms. The van der Waals surface area contributed by atoms with E-state index < -0.39 is 15.5 Å². The van der Waals surface area contributed by atoms with Gasteiger partial charge in [-0.05, 0) is 5.92 Å². The zero-order valence-corrected chi connectivity index (χ0v) is 9.77. The van der Waals surface area contributed by atoms with Crippen LogP contribution in [-0.2, 0) is 14.9 Å². The van der Waals surface area contributed by atoms with Crippen LogP contribution in [-0.4, -0.2) is 29.9 Å². The lowest BCUT2D eigenvalue weighted by atomic mass is 10.2. The molecule has 0 aliphatic heterocycles. The second-order valence-corrected chi connectivity index (χ2v) is 3.90. The van der Waals surface area contributed by atoms with Gasteiger partial charge in [-0.3, -0.25) is 9.35 Å². The van der Waals surface area contributed by atoms with Gasteiger partial charge in [0.25, 0.3) is 16.6 Å². The Labute approximate surface area is 90.3 Å². The van der Waals surface area contributed by atoms with Crippen molar-refractivity contribution in [1.29, 1.82) is 0 Å². The molecule has 0 saturated heterocycles. The van der Waals surface area contributed by atoms with Gasteiger partial charge >= 0.3 is 0 Å². The highest BCUT2D eigenvalue weighted by molar-refractivity contribution is 7.86. The van der Waals surface area contributed by atoms with E-state index in [1.54, 1.807) is 13.8 Å². The van der Waals surface area contributed by atoms with Crippen molar-refractivity contribution in [3.8, 4) is 0 Å². The maximum Gasteiger partial charge on any atom is 0.290 e. The summed E-state index contributed by atoms with van der Waals surface area (Å²) in [6.07, 6.45) is 0. The van der Waals surface area contributed by atoms with Crippen molar-refractivity contribution in [2.24, 2.45) is 11.7 Å². The molecule has 0 aliphatic rings. The molecule has 0 saturated carbocycles.